The molecule has 1 fully saturated rings. The van der Waals surface area contributed by atoms with Crippen LogP contribution in [0.4, 0.5) is 8.78 Å². The van der Waals surface area contributed by atoms with E-state index in [2.05, 4.69) is 0 Å². The molecule has 1 N–H and O–H groups in total. The van der Waals surface area contributed by atoms with Crippen molar-refractivity contribution in [2.24, 2.45) is 0 Å². The summed E-state index contributed by atoms with van der Waals surface area (Å²) in [6.07, 6.45) is 1.17. The van der Waals surface area contributed by atoms with Crippen LogP contribution >= 0.6 is 0 Å². The standard InChI is InChI=1S/C12H14F2O/c1-8-3-4-9(11(2,13)14)10(7-8)12(15)5-6-12/h3-4,7,15H,5-6H2,1-2H3. The average molecular weight is 212 g/mol. The van der Waals surface area contributed by atoms with Crippen molar-refractivity contribution in [2.75, 3.05) is 0 Å². The van der Waals surface area contributed by atoms with E-state index in [1.165, 1.54) is 6.07 Å². The van der Waals surface area contributed by atoms with Gasteiger partial charge in [-0.15, -0.1) is 0 Å². The zero-order valence-electron chi connectivity index (χ0n) is 8.85. The first-order valence-corrected chi connectivity index (χ1v) is 5.05. The van der Waals surface area contributed by atoms with Crippen molar-refractivity contribution >= 4 is 0 Å². The van der Waals surface area contributed by atoms with E-state index in [9.17, 15) is 13.9 Å². The lowest BCUT2D eigenvalue weighted by molar-refractivity contribution is 0.0125. The molecule has 1 aliphatic rings. The second-order valence-corrected chi connectivity index (χ2v) is 4.47. The lowest BCUT2D eigenvalue weighted by Crippen LogP contribution is -2.17. The minimum absolute atomic E-state index is 0.0481. The molecule has 0 heterocycles. The highest BCUT2D eigenvalue weighted by atomic mass is 19.3. The molecule has 1 aromatic rings. The Labute approximate surface area is 87.7 Å². The summed E-state index contributed by atoms with van der Waals surface area (Å²) in [5, 5.41) is 9.94. The Kier molecular flexibility index (Phi) is 2.12. The van der Waals surface area contributed by atoms with Gasteiger partial charge in [0.15, 0.2) is 0 Å². The van der Waals surface area contributed by atoms with E-state index in [-0.39, 0.29) is 5.56 Å². The molecule has 0 radical (unpaired) electrons. The number of aryl methyl sites for hydroxylation is 1. The fraction of sp³-hybridized carbons (Fsp3) is 0.500. The number of halogens is 2. The van der Waals surface area contributed by atoms with E-state index in [0.717, 1.165) is 12.5 Å². The third-order valence-corrected chi connectivity index (χ3v) is 2.87. The van der Waals surface area contributed by atoms with Crippen LogP contribution in [-0.4, -0.2) is 5.11 Å². The van der Waals surface area contributed by atoms with E-state index in [1.807, 2.05) is 6.92 Å². The second-order valence-electron chi connectivity index (χ2n) is 4.47. The zero-order chi connectivity index (χ0) is 11.3. The summed E-state index contributed by atoms with van der Waals surface area (Å²) in [4.78, 5) is 0. The van der Waals surface area contributed by atoms with Crippen LogP contribution in [0.15, 0.2) is 18.2 Å². The van der Waals surface area contributed by atoms with Gasteiger partial charge in [-0.3, -0.25) is 0 Å². The maximum absolute atomic E-state index is 13.3. The van der Waals surface area contributed by atoms with Crippen molar-refractivity contribution in [1.82, 2.24) is 0 Å². The van der Waals surface area contributed by atoms with Crippen LogP contribution in [0.2, 0.25) is 0 Å². The highest BCUT2D eigenvalue weighted by Crippen LogP contribution is 2.49. The van der Waals surface area contributed by atoms with Gasteiger partial charge in [-0.2, -0.15) is 0 Å². The van der Waals surface area contributed by atoms with Crippen LogP contribution in [0.25, 0.3) is 0 Å². The molecule has 1 aliphatic carbocycles. The van der Waals surface area contributed by atoms with E-state index in [0.29, 0.717) is 18.4 Å². The monoisotopic (exact) mass is 212 g/mol. The van der Waals surface area contributed by atoms with Crippen LogP contribution in [0.1, 0.15) is 36.5 Å². The Balaban J connectivity index is 2.55. The molecule has 0 aliphatic heterocycles. The highest BCUT2D eigenvalue weighted by molar-refractivity contribution is 5.40. The van der Waals surface area contributed by atoms with Gasteiger partial charge in [0.25, 0.3) is 5.92 Å². The maximum Gasteiger partial charge on any atom is 0.270 e. The topological polar surface area (TPSA) is 20.2 Å². The fourth-order valence-corrected chi connectivity index (χ4v) is 1.81. The van der Waals surface area contributed by atoms with Gasteiger partial charge in [0.05, 0.1) is 5.60 Å². The van der Waals surface area contributed by atoms with E-state index < -0.39 is 11.5 Å². The lowest BCUT2D eigenvalue weighted by atomic mass is 9.95. The van der Waals surface area contributed by atoms with Crippen LogP contribution in [-0.2, 0) is 11.5 Å². The molecule has 0 unspecified atom stereocenters. The average Bonchev–Trinajstić information content (AvgIpc) is 2.83. The fourth-order valence-electron chi connectivity index (χ4n) is 1.81. The molecule has 1 aromatic carbocycles. The van der Waals surface area contributed by atoms with Gasteiger partial charge in [-0.25, -0.2) is 8.78 Å². The third kappa shape index (κ3) is 1.88. The van der Waals surface area contributed by atoms with Crippen molar-refractivity contribution < 1.29 is 13.9 Å². The van der Waals surface area contributed by atoms with Gasteiger partial charge in [0.1, 0.15) is 0 Å². The first-order valence-electron chi connectivity index (χ1n) is 5.05. The third-order valence-electron chi connectivity index (χ3n) is 2.87. The Hall–Kier alpha value is -0.960. The smallest absolute Gasteiger partial charge is 0.270 e. The number of aliphatic hydroxyl groups is 1. The maximum atomic E-state index is 13.3. The number of rotatable bonds is 2. The molecule has 0 amide bonds. The Bertz CT molecular complexity index is 389. The molecule has 0 spiro atoms. The van der Waals surface area contributed by atoms with Gasteiger partial charge >= 0.3 is 0 Å². The number of alkyl halides is 2. The molecule has 1 nitrogen and oxygen atoms in total. The number of hydrogen-bond acceptors (Lipinski definition) is 1. The van der Waals surface area contributed by atoms with Crippen molar-refractivity contribution in [3.63, 3.8) is 0 Å². The molecule has 2 rings (SSSR count). The SMILES string of the molecule is Cc1ccc(C(C)(F)F)c(C2(O)CC2)c1. The lowest BCUT2D eigenvalue weighted by Gasteiger charge is -2.19. The van der Waals surface area contributed by atoms with Crippen LogP contribution < -0.4 is 0 Å². The van der Waals surface area contributed by atoms with Crippen molar-refractivity contribution in [3.05, 3.63) is 34.9 Å². The van der Waals surface area contributed by atoms with Crippen LogP contribution in [0.5, 0.6) is 0 Å². The second kappa shape index (κ2) is 3.01. The molecule has 1 saturated carbocycles. The van der Waals surface area contributed by atoms with Gasteiger partial charge in [0.2, 0.25) is 0 Å². The Morgan fingerprint density at radius 3 is 2.40 bits per heavy atom. The molecule has 15 heavy (non-hydrogen) atoms. The van der Waals surface area contributed by atoms with Gasteiger partial charge < -0.3 is 5.11 Å². The summed E-state index contributed by atoms with van der Waals surface area (Å²) in [5.74, 6) is -2.89. The Morgan fingerprint density at radius 2 is 1.93 bits per heavy atom. The molecule has 0 aromatic heterocycles. The molecular formula is C12H14F2O. The summed E-state index contributed by atoms with van der Waals surface area (Å²) in [6.45, 7) is 2.71. The molecule has 3 heteroatoms. The summed E-state index contributed by atoms with van der Waals surface area (Å²) < 4.78 is 26.6. The predicted octanol–water partition coefficient (Wildman–Crippen LogP) is 3.09. The van der Waals surface area contributed by atoms with Crippen molar-refractivity contribution in [2.45, 2.75) is 38.2 Å². The minimum Gasteiger partial charge on any atom is -0.385 e. The Morgan fingerprint density at radius 1 is 1.33 bits per heavy atom. The van der Waals surface area contributed by atoms with E-state index >= 15 is 0 Å². The zero-order valence-corrected chi connectivity index (χ0v) is 8.85. The summed E-state index contributed by atoms with van der Waals surface area (Å²) in [6, 6.07) is 4.74. The number of hydrogen-bond donors (Lipinski definition) is 1. The predicted molar refractivity (Wildman–Crippen MR) is 53.9 cm³/mol. The first kappa shape index (κ1) is 10.6. The van der Waals surface area contributed by atoms with E-state index in [4.69, 9.17) is 0 Å². The van der Waals surface area contributed by atoms with Crippen LogP contribution in [0.3, 0.4) is 0 Å². The molecule has 0 saturated heterocycles. The summed E-state index contributed by atoms with van der Waals surface area (Å²) in [5.41, 5.74) is 0.252. The largest absolute Gasteiger partial charge is 0.385 e. The first-order chi connectivity index (χ1) is 6.83. The molecular weight excluding hydrogens is 198 g/mol. The van der Waals surface area contributed by atoms with Gasteiger partial charge in [0, 0.05) is 12.5 Å². The molecule has 0 atom stereocenters. The summed E-state index contributed by atoms with van der Waals surface area (Å²) in [7, 11) is 0. The van der Waals surface area contributed by atoms with Gasteiger partial charge in [-0.1, -0.05) is 23.8 Å². The van der Waals surface area contributed by atoms with Gasteiger partial charge in [-0.05, 0) is 25.3 Å². The molecule has 82 valence electrons. The summed E-state index contributed by atoms with van der Waals surface area (Å²) >= 11 is 0. The minimum atomic E-state index is -2.89. The van der Waals surface area contributed by atoms with Crippen LogP contribution in [0, 0.1) is 6.92 Å². The van der Waals surface area contributed by atoms with E-state index in [1.54, 1.807) is 12.1 Å². The van der Waals surface area contributed by atoms with Crippen molar-refractivity contribution in [1.29, 1.82) is 0 Å². The van der Waals surface area contributed by atoms with Crippen molar-refractivity contribution in [3.8, 4) is 0 Å². The number of benzene rings is 1. The quantitative estimate of drug-likeness (QED) is 0.798. The molecule has 0 bridgehead atoms. The highest BCUT2D eigenvalue weighted by Gasteiger charge is 2.46. The normalized spacial score (nSPS) is 19.0.